The molecule has 0 aliphatic heterocycles. The van der Waals surface area contributed by atoms with Crippen LogP contribution in [0.5, 0.6) is 17.2 Å². The monoisotopic (exact) mass is 432 g/mol. The van der Waals surface area contributed by atoms with Gasteiger partial charge in [-0.15, -0.1) is 0 Å². The van der Waals surface area contributed by atoms with Gasteiger partial charge >= 0.3 is 0 Å². The first-order chi connectivity index (χ1) is 13.1. The molecule has 0 saturated heterocycles. The smallest absolute Gasteiger partial charge is 0.275 e. The average Bonchev–Trinajstić information content (AvgIpc) is 2.68. The second kappa shape index (κ2) is 10.4. The predicted molar refractivity (Wildman–Crippen MR) is 109 cm³/mol. The van der Waals surface area contributed by atoms with Gasteiger partial charge in [-0.05, 0) is 48.9 Å². The topological polar surface area (TPSA) is 69.2 Å². The third-order valence-electron chi connectivity index (χ3n) is 3.41. The Hall–Kier alpha value is -2.80. The fourth-order valence-electron chi connectivity index (χ4n) is 2.22. The molecule has 7 heteroatoms. The van der Waals surface area contributed by atoms with Gasteiger partial charge in [-0.25, -0.2) is 5.43 Å². The van der Waals surface area contributed by atoms with Crippen molar-refractivity contribution in [1.29, 1.82) is 0 Å². The first kappa shape index (κ1) is 20.5. The molecule has 0 aliphatic carbocycles. The molecular formula is C20H21BrN2O4. The normalized spacial score (nSPS) is 10.5. The Bertz CT molecular complexity index is 837. The van der Waals surface area contributed by atoms with Gasteiger partial charge in [0.1, 0.15) is 12.4 Å². The largest absolute Gasteiger partial charge is 0.493 e. The molecule has 0 unspecified atom stereocenters. The lowest BCUT2D eigenvalue weighted by molar-refractivity contribution is 0.0951. The maximum absolute atomic E-state index is 12.4. The van der Waals surface area contributed by atoms with Gasteiger partial charge in [-0.2, -0.15) is 5.10 Å². The van der Waals surface area contributed by atoms with Crippen molar-refractivity contribution < 1.29 is 19.0 Å². The summed E-state index contributed by atoms with van der Waals surface area (Å²) >= 11 is 3.35. The van der Waals surface area contributed by atoms with Crippen LogP contribution in [-0.2, 0) is 0 Å². The van der Waals surface area contributed by atoms with Crippen LogP contribution in [0.25, 0.3) is 0 Å². The van der Waals surface area contributed by atoms with Crippen molar-refractivity contribution in [3.05, 3.63) is 64.7 Å². The van der Waals surface area contributed by atoms with Crippen molar-refractivity contribution in [2.45, 2.75) is 6.92 Å². The van der Waals surface area contributed by atoms with Gasteiger partial charge in [0.05, 0.1) is 25.5 Å². The molecule has 0 fully saturated rings. The molecule has 0 aliphatic rings. The minimum Gasteiger partial charge on any atom is -0.493 e. The van der Waals surface area contributed by atoms with Gasteiger partial charge in [-0.1, -0.05) is 28.6 Å². The highest BCUT2D eigenvalue weighted by Gasteiger charge is 2.12. The van der Waals surface area contributed by atoms with Crippen molar-refractivity contribution in [3.63, 3.8) is 0 Å². The number of nitrogens with one attached hydrogen (secondary N) is 1. The summed E-state index contributed by atoms with van der Waals surface area (Å²) in [5.41, 5.74) is 3.63. The van der Waals surface area contributed by atoms with E-state index in [9.17, 15) is 4.79 Å². The van der Waals surface area contributed by atoms with E-state index in [0.29, 0.717) is 36.0 Å². The van der Waals surface area contributed by atoms with Crippen LogP contribution < -0.4 is 19.6 Å². The summed E-state index contributed by atoms with van der Waals surface area (Å²) in [4.78, 5) is 12.4. The number of carbonyl (C=O) groups is 1. The van der Waals surface area contributed by atoms with Crippen molar-refractivity contribution in [2.75, 3.05) is 20.3 Å². The van der Waals surface area contributed by atoms with Crippen LogP contribution in [0, 0.1) is 0 Å². The quantitative estimate of drug-likeness (QED) is 0.366. The fourth-order valence-corrected chi connectivity index (χ4v) is 2.58. The number of amides is 1. The van der Waals surface area contributed by atoms with Crippen LogP contribution in [0.3, 0.4) is 0 Å². The number of carbonyl (C=O) groups excluding carboxylic acids is 1. The zero-order chi connectivity index (χ0) is 19.6. The molecule has 27 heavy (non-hydrogen) atoms. The minimum atomic E-state index is -0.385. The van der Waals surface area contributed by atoms with E-state index in [2.05, 4.69) is 33.0 Å². The van der Waals surface area contributed by atoms with Crippen LogP contribution in [0.1, 0.15) is 22.8 Å². The molecule has 0 radical (unpaired) electrons. The number of hydrogen-bond donors (Lipinski definition) is 1. The molecule has 0 saturated carbocycles. The van der Waals surface area contributed by atoms with Gasteiger partial charge in [-0.3, -0.25) is 4.79 Å². The van der Waals surface area contributed by atoms with Gasteiger partial charge in [0, 0.05) is 4.47 Å². The SMILES string of the molecule is C=CCOc1ccc(Br)cc1C(=O)N/N=C/c1ccc(OCC)c(OC)c1. The van der Waals surface area contributed by atoms with E-state index in [-0.39, 0.29) is 5.91 Å². The highest BCUT2D eigenvalue weighted by molar-refractivity contribution is 9.10. The molecule has 0 heterocycles. The first-order valence-electron chi connectivity index (χ1n) is 8.26. The Morgan fingerprint density at radius 3 is 2.67 bits per heavy atom. The summed E-state index contributed by atoms with van der Waals surface area (Å²) in [6, 6.07) is 10.6. The number of halogens is 1. The highest BCUT2D eigenvalue weighted by Crippen LogP contribution is 2.27. The van der Waals surface area contributed by atoms with Crippen molar-refractivity contribution in [3.8, 4) is 17.2 Å². The van der Waals surface area contributed by atoms with E-state index in [1.807, 2.05) is 13.0 Å². The summed E-state index contributed by atoms with van der Waals surface area (Å²) in [6.07, 6.45) is 3.14. The Morgan fingerprint density at radius 2 is 1.96 bits per heavy atom. The van der Waals surface area contributed by atoms with Crippen molar-refractivity contribution in [1.82, 2.24) is 5.43 Å². The van der Waals surface area contributed by atoms with E-state index in [0.717, 1.165) is 10.0 Å². The van der Waals surface area contributed by atoms with Crippen LogP contribution >= 0.6 is 15.9 Å². The minimum absolute atomic E-state index is 0.303. The predicted octanol–water partition coefficient (Wildman–Crippen LogP) is 4.19. The lowest BCUT2D eigenvalue weighted by Gasteiger charge is -2.10. The summed E-state index contributed by atoms with van der Waals surface area (Å²) in [7, 11) is 1.57. The summed E-state index contributed by atoms with van der Waals surface area (Å²) < 4.78 is 17.0. The van der Waals surface area contributed by atoms with Crippen LogP contribution in [0.4, 0.5) is 0 Å². The van der Waals surface area contributed by atoms with Crippen LogP contribution in [0.2, 0.25) is 0 Å². The Labute approximate surface area is 167 Å². The molecule has 1 N–H and O–H groups in total. The molecule has 0 atom stereocenters. The molecule has 0 bridgehead atoms. The zero-order valence-corrected chi connectivity index (χ0v) is 16.8. The summed E-state index contributed by atoms with van der Waals surface area (Å²) in [5, 5.41) is 4.01. The molecule has 2 aromatic carbocycles. The maximum Gasteiger partial charge on any atom is 0.275 e. The van der Waals surface area contributed by atoms with E-state index in [1.165, 1.54) is 6.21 Å². The third-order valence-corrected chi connectivity index (χ3v) is 3.90. The van der Waals surface area contributed by atoms with E-state index in [1.54, 1.807) is 43.5 Å². The first-order valence-corrected chi connectivity index (χ1v) is 9.05. The van der Waals surface area contributed by atoms with Crippen molar-refractivity contribution >= 4 is 28.1 Å². The second-order valence-corrected chi connectivity index (χ2v) is 6.20. The average molecular weight is 433 g/mol. The fraction of sp³-hybridized carbons (Fsp3) is 0.200. The summed E-state index contributed by atoms with van der Waals surface area (Å²) in [6.45, 7) is 6.35. The van der Waals surface area contributed by atoms with E-state index < -0.39 is 0 Å². The zero-order valence-electron chi connectivity index (χ0n) is 15.2. The number of ether oxygens (including phenoxy) is 3. The van der Waals surface area contributed by atoms with E-state index >= 15 is 0 Å². The maximum atomic E-state index is 12.4. The molecule has 6 nitrogen and oxygen atoms in total. The highest BCUT2D eigenvalue weighted by atomic mass is 79.9. The standard InChI is InChI=1S/C20H21BrN2O4/c1-4-10-27-17-9-7-15(21)12-16(17)20(24)23-22-13-14-6-8-18(26-5-2)19(11-14)25-3/h4,6-9,11-13H,1,5,10H2,2-3H3,(H,23,24)/b22-13+. The van der Waals surface area contributed by atoms with Crippen LogP contribution in [-0.4, -0.2) is 32.4 Å². The van der Waals surface area contributed by atoms with Gasteiger partial charge in [0.25, 0.3) is 5.91 Å². The lowest BCUT2D eigenvalue weighted by Crippen LogP contribution is -2.19. The number of methoxy groups -OCH3 is 1. The number of benzene rings is 2. The molecule has 2 rings (SSSR count). The number of hydrazone groups is 1. The van der Waals surface area contributed by atoms with Crippen LogP contribution in [0.15, 0.2) is 58.6 Å². The van der Waals surface area contributed by atoms with Gasteiger partial charge < -0.3 is 14.2 Å². The molecular weight excluding hydrogens is 412 g/mol. The number of nitrogens with zero attached hydrogens (tertiary/aromatic N) is 1. The molecule has 0 aromatic heterocycles. The Kier molecular flexibility index (Phi) is 7.88. The second-order valence-electron chi connectivity index (χ2n) is 5.28. The Morgan fingerprint density at radius 1 is 1.19 bits per heavy atom. The van der Waals surface area contributed by atoms with Gasteiger partial charge in [0.15, 0.2) is 11.5 Å². The number of hydrogen-bond acceptors (Lipinski definition) is 5. The Balaban J connectivity index is 2.11. The lowest BCUT2D eigenvalue weighted by atomic mass is 10.2. The van der Waals surface area contributed by atoms with E-state index in [4.69, 9.17) is 14.2 Å². The number of rotatable bonds is 9. The molecule has 0 spiro atoms. The molecule has 2 aromatic rings. The van der Waals surface area contributed by atoms with Crippen molar-refractivity contribution in [2.24, 2.45) is 5.10 Å². The molecule has 1 amide bonds. The van der Waals surface area contributed by atoms with Gasteiger partial charge in [0.2, 0.25) is 0 Å². The summed E-state index contributed by atoms with van der Waals surface area (Å²) in [5.74, 6) is 1.32. The third kappa shape index (κ3) is 5.86. The molecule has 142 valence electrons.